The molecule has 168 valence electrons. The number of esters is 2. The molecule has 0 bridgehead atoms. The highest BCUT2D eigenvalue weighted by Gasteiger charge is 2.19. The van der Waals surface area contributed by atoms with Gasteiger partial charge in [0.25, 0.3) is 0 Å². The minimum absolute atomic E-state index is 0.0777. The fourth-order valence-corrected chi connectivity index (χ4v) is 2.39. The van der Waals surface area contributed by atoms with Crippen molar-refractivity contribution < 1.29 is 49.1 Å². The fourth-order valence-electron chi connectivity index (χ4n) is 2.39. The number of carboxylic acids is 2. The number of aliphatic hydroxyl groups excluding tert-OH is 1. The van der Waals surface area contributed by atoms with Crippen LogP contribution in [0.4, 0.5) is 0 Å². The Bertz CT molecular complexity index is 543. The Labute approximate surface area is 168 Å². The molecule has 0 radical (unpaired) electrons. The second kappa shape index (κ2) is 14.6. The molecule has 0 spiro atoms. The van der Waals surface area contributed by atoms with E-state index in [4.69, 9.17) is 20.4 Å². The van der Waals surface area contributed by atoms with Crippen molar-refractivity contribution in [1.29, 1.82) is 0 Å². The van der Waals surface area contributed by atoms with Crippen LogP contribution in [0, 0.1) is 0 Å². The van der Waals surface area contributed by atoms with Crippen molar-refractivity contribution in [2.75, 3.05) is 73.1 Å². The van der Waals surface area contributed by atoms with Crippen molar-refractivity contribution in [3.63, 3.8) is 0 Å². The topological polar surface area (TPSA) is 177 Å². The maximum absolute atomic E-state index is 11.4. The van der Waals surface area contributed by atoms with E-state index >= 15 is 0 Å². The largest absolute Gasteiger partial charge is 0.480 e. The van der Waals surface area contributed by atoms with Crippen LogP contribution in [0.5, 0.6) is 0 Å². The molecular formula is C16H29N3O10. The van der Waals surface area contributed by atoms with Gasteiger partial charge in [-0.3, -0.25) is 33.9 Å². The predicted octanol–water partition coefficient (Wildman–Crippen LogP) is -3.28. The van der Waals surface area contributed by atoms with Gasteiger partial charge in [-0.2, -0.15) is 0 Å². The van der Waals surface area contributed by atoms with Gasteiger partial charge in [0.1, 0.15) is 0 Å². The molecule has 0 aliphatic heterocycles. The third-order valence-corrected chi connectivity index (χ3v) is 3.76. The Balaban J connectivity index is 4.93. The lowest BCUT2D eigenvalue weighted by Crippen LogP contribution is -2.46. The number of aliphatic carboxylic acids is 2. The fraction of sp³-hybridized carbons (Fsp3) is 0.750. The van der Waals surface area contributed by atoms with Gasteiger partial charge in [-0.15, -0.1) is 0 Å². The Morgan fingerprint density at radius 1 is 0.690 bits per heavy atom. The van der Waals surface area contributed by atoms with Crippen molar-refractivity contribution in [1.82, 2.24) is 14.7 Å². The summed E-state index contributed by atoms with van der Waals surface area (Å²) in [7, 11) is 2.36. The van der Waals surface area contributed by atoms with Gasteiger partial charge < -0.3 is 29.9 Å². The van der Waals surface area contributed by atoms with Crippen molar-refractivity contribution in [2.45, 2.75) is 6.29 Å². The smallest absolute Gasteiger partial charge is 0.319 e. The Kier molecular flexibility index (Phi) is 13.5. The summed E-state index contributed by atoms with van der Waals surface area (Å²) in [4.78, 5) is 49.1. The number of aliphatic hydroxyl groups is 2. The van der Waals surface area contributed by atoms with Crippen LogP contribution in [0.2, 0.25) is 0 Å². The number of carboxylic acid groups (broad SMARTS) is 2. The zero-order valence-electron chi connectivity index (χ0n) is 16.5. The van der Waals surface area contributed by atoms with Crippen LogP contribution >= 0.6 is 0 Å². The number of carbonyl (C=O) groups is 4. The zero-order chi connectivity index (χ0) is 22.4. The van der Waals surface area contributed by atoms with E-state index in [9.17, 15) is 19.2 Å². The summed E-state index contributed by atoms with van der Waals surface area (Å²) in [5, 5.41) is 36.3. The molecule has 0 aromatic rings. The van der Waals surface area contributed by atoms with E-state index in [0.29, 0.717) is 0 Å². The van der Waals surface area contributed by atoms with E-state index in [-0.39, 0.29) is 52.4 Å². The first kappa shape index (κ1) is 26.7. The zero-order valence-corrected chi connectivity index (χ0v) is 16.5. The number of hydrogen-bond donors (Lipinski definition) is 4. The Hall–Kier alpha value is -2.32. The van der Waals surface area contributed by atoms with Gasteiger partial charge in [0, 0.05) is 32.7 Å². The van der Waals surface area contributed by atoms with Gasteiger partial charge in [0.05, 0.1) is 40.4 Å². The maximum Gasteiger partial charge on any atom is 0.319 e. The molecule has 0 aliphatic rings. The van der Waals surface area contributed by atoms with Gasteiger partial charge in [0.2, 0.25) is 0 Å². The van der Waals surface area contributed by atoms with E-state index in [1.165, 1.54) is 28.9 Å². The molecule has 0 saturated carbocycles. The SMILES string of the molecule is COC(=O)CN(CCN(CCN(CC(=O)OC)CC(O)O)CC(=O)O)CC(=O)O. The van der Waals surface area contributed by atoms with Gasteiger partial charge in [0.15, 0.2) is 6.29 Å². The lowest BCUT2D eigenvalue weighted by Gasteiger charge is -2.28. The van der Waals surface area contributed by atoms with Crippen molar-refractivity contribution in [2.24, 2.45) is 0 Å². The molecular weight excluding hydrogens is 394 g/mol. The first-order chi connectivity index (χ1) is 13.6. The minimum Gasteiger partial charge on any atom is -0.480 e. The van der Waals surface area contributed by atoms with Crippen molar-refractivity contribution >= 4 is 23.9 Å². The minimum atomic E-state index is -1.70. The predicted molar refractivity (Wildman–Crippen MR) is 96.8 cm³/mol. The summed E-state index contributed by atoms with van der Waals surface area (Å²) in [5.74, 6) is -3.50. The second-order valence-electron chi connectivity index (χ2n) is 6.14. The van der Waals surface area contributed by atoms with Gasteiger partial charge in [-0.25, -0.2) is 0 Å². The van der Waals surface area contributed by atoms with E-state index in [2.05, 4.69) is 9.47 Å². The van der Waals surface area contributed by atoms with Crippen LogP contribution in [0.15, 0.2) is 0 Å². The lowest BCUT2D eigenvalue weighted by atomic mass is 10.3. The number of rotatable bonds is 16. The average Bonchev–Trinajstić information content (AvgIpc) is 2.61. The van der Waals surface area contributed by atoms with Gasteiger partial charge in [-0.05, 0) is 0 Å². The average molecular weight is 423 g/mol. The first-order valence-electron chi connectivity index (χ1n) is 8.67. The molecule has 0 atom stereocenters. The Morgan fingerprint density at radius 3 is 1.48 bits per heavy atom. The highest BCUT2D eigenvalue weighted by molar-refractivity contribution is 5.74. The first-order valence-corrected chi connectivity index (χ1v) is 8.67. The summed E-state index contributed by atoms with van der Waals surface area (Å²) in [5.41, 5.74) is 0. The monoisotopic (exact) mass is 423 g/mol. The van der Waals surface area contributed by atoms with Crippen molar-refractivity contribution in [3.05, 3.63) is 0 Å². The molecule has 0 amide bonds. The third kappa shape index (κ3) is 14.3. The summed E-state index contributed by atoms with van der Waals surface area (Å²) < 4.78 is 9.06. The van der Waals surface area contributed by atoms with Crippen molar-refractivity contribution in [3.8, 4) is 0 Å². The summed E-state index contributed by atoms with van der Waals surface area (Å²) in [6, 6.07) is 0. The van der Waals surface area contributed by atoms with Crippen LogP contribution in [0.3, 0.4) is 0 Å². The quantitative estimate of drug-likeness (QED) is 0.144. The standard InChI is InChI=1S/C16H29N3O10/c1-28-15(26)10-18(8-13(22)23)5-3-17(7-12(20)21)4-6-19(9-14(24)25)11-16(27)29-2/h13,22-23H,3-11H2,1-2H3,(H,20,21)(H,24,25). The number of carbonyl (C=O) groups excluding carboxylic acids is 2. The third-order valence-electron chi connectivity index (χ3n) is 3.76. The molecule has 0 heterocycles. The van der Waals surface area contributed by atoms with Gasteiger partial charge in [-0.1, -0.05) is 0 Å². The molecule has 0 fully saturated rings. The van der Waals surface area contributed by atoms with Crippen LogP contribution in [0.25, 0.3) is 0 Å². The number of ether oxygens (including phenoxy) is 2. The normalized spacial score (nSPS) is 11.3. The highest BCUT2D eigenvalue weighted by atomic mass is 16.5. The van der Waals surface area contributed by atoms with Gasteiger partial charge >= 0.3 is 23.9 Å². The molecule has 0 unspecified atom stereocenters. The van der Waals surface area contributed by atoms with Crippen LogP contribution in [-0.2, 0) is 28.7 Å². The summed E-state index contributed by atoms with van der Waals surface area (Å²) in [6.45, 7) is -1.08. The van der Waals surface area contributed by atoms with E-state index in [1.807, 2.05) is 0 Å². The second-order valence-corrected chi connectivity index (χ2v) is 6.14. The summed E-state index contributed by atoms with van der Waals surface area (Å²) >= 11 is 0. The van der Waals surface area contributed by atoms with E-state index < -0.39 is 36.7 Å². The van der Waals surface area contributed by atoms with Crippen LogP contribution in [-0.4, -0.2) is 138 Å². The molecule has 13 nitrogen and oxygen atoms in total. The number of nitrogens with zero attached hydrogens (tertiary/aromatic N) is 3. The molecule has 0 rings (SSSR count). The molecule has 13 heteroatoms. The van der Waals surface area contributed by atoms with E-state index in [0.717, 1.165) is 0 Å². The molecule has 0 saturated heterocycles. The lowest BCUT2D eigenvalue weighted by molar-refractivity contribution is -0.145. The highest BCUT2D eigenvalue weighted by Crippen LogP contribution is 1.98. The van der Waals surface area contributed by atoms with Crippen LogP contribution < -0.4 is 0 Å². The summed E-state index contributed by atoms with van der Waals surface area (Å²) in [6.07, 6.45) is -1.70. The molecule has 0 aromatic carbocycles. The van der Waals surface area contributed by atoms with Crippen LogP contribution in [0.1, 0.15) is 0 Å². The molecule has 0 aliphatic carbocycles. The number of hydrogen-bond acceptors (Lipinski definition) is 11. The number of methoxy groups -OCH3 is 2. The Morgan fingerprint density at radius 2 is 1.07 bits per heavy atom. The molecule has 0 aromatic heterocycles. The van der Waals surface area contributed by atoms with E-state index in [1.54, 1.807) is 0 Å². The maximum atomic E-state index is 11.4. The molecule has 29 heavy (non-hydrogen) atoms. The molecule has 4 N–H and O–H groups in total.